The number of carbonyl (C=O) groups excluding carboxylic acids is 1. The van der Waals surface area contributed by atoms with E-state index in [1.807, 2.05) is 12.1 Å². The third kappa shape index (κ3) is 3.39. The Balaban J connectivity index is 1.50. The van der Waals surface area contributed by atoms with Crippen molar-refractivity contribution in [1.29, 1.82) is 0 Å². The van der Waals surface area contributed by atoms with Crippen LogP contribution in [0.15, 0.2) is 12.1 Å². The number of carbonyl (C=O) groups is 1. The van der Waals surface area contributed by atoms with E-state index >= 15 is 0 Å². The zero-order valence-corrected chi connectivity index (χ0v) is 15.5. The highest BCUT2D eigenvalue weighted by Crippen LogP contribution is 2.39. The second-order valence-electron chi connectivity index (χ2n) is 7.49. The summed E-state index contributed by atoms with van der Waals surface area (Å²) in [5.74, 6) is 2.38. The van der Waals surface area contributed by atoms with Crippen LogP contribution in [0.25, 0.3) is 0 Å². The normalized spacial score (nSPS) is 23.5. The molecular weight excluding hydrogens is 332 g/mol. The third-order valence-corrected chi connectivity index (χ3v) is 5.23. The van der Waals surface area contributed by atoms with Gasteiger partial charge in [-0.05, 0) is 31.4 Å². The number of hydrogen-bond acceptors (Lipinski definition) is 5. The fourth-order valence-electron chi connectivity index (χ4n) is 3.57. The predicted octanol–water partition coefficient (Wildman–Crippen LogP) is 1.67. The molecule has 1 saturated heterocycles. The molecule has 0 aromatic carbocycles. The molecule has 1 saturated carbocycles. The van der Waals surface area contributed by atoms with Crippen LogP contribution < -0.4 is 0 Å². The number of likely N-dealkylation sites (tertiary alicyclic amines) is 1. The molecular formula is C18H26N6O2. The first kappa shape index (κ1) is 17.2. The number of amides is 1. The monoisotopic (exact) mass is 358 g/mol. The number of nitrogens with one attached hydrogen (secondary N) is 2. The molecule has 0 unspecified atom stereocenters. The largest absolute Gasteiger partial charge is 0.380 e. The van der Waals surface area contributed by atoms with E-state index in [2.05, 4.69) is 20.1 Å². The van der Waals surface area contributed by atoms with Crippen molar-refractivity contribution < 1.29 is 9.53 Å². The number of aromatic amines is 2. The van der Waals surface area contributed by atoms with Crippen LogP contribution in [-0.2, 0) is 11.3 Å². The van der Waals surface area contributed by atoms with Gasteiger partial charge in [-0.25, -0.2) is 4.98 Å². The summed E-state index contributed by atoms with van der Waals surface area (Å²) in [6.07, 6.45) is 3.45. The van der Waals surface area contributed by atoms with Gasteiger partial charge in [0.15, 0.2) is 5.82 Å². The van der Waals surface area contributed by atoms with E-state index in [1.54, 1.807) is 26.1 Å². The molecule has 4 rings (SSSR count). The average molecular weight is 358 g/mol. The number of methoxy groups -OCH3 is 1. The summed E-state index contributed by atoms with van der Waals surface area (Å²) in [6, 6.07) is 3.97. The Kier molecular flexibility index (Phi) is 4.54. The van der Waals surface area contributed by atoms with Gasteiger partial charge in [0.05, 0.1) is 12.1 Å². The molecule has 3 heterocycles. The number of H-pyrrole nitrogens is 2. The molecule has 0 radical (unpaired) electrons. The molecule has 140 valence electrons. The molecule has 0 spiro atoms. The minimum atomic E-state index is -0.0201. The molecule has 2 aliphatic rings. The van der Waals surface area contributed by atoms with Crippen LogP contribution in [0.2, 0.25) is 0 Å². The number of rotatable bonds is 6. The third-order valence-electron chi connectivity index (χ3n) is 5.23. The van der Waals surface area contributed by atoms with E-state index in [0.29, 0.717) is 18.2 Å². The summed E-state index contributed by atoms with van der Waals surface area (Å²) < 4.78 is 5.60. The molecule has 1 amide bonds. The molecule has 26 heavy (non-hydrogen) atoms. The first-order valence-corrected chi connectivity index (χ1v) is 9.13. The molecule has 2 atom stereocenters. The average Bonchev–Trinajstić information content (AvgIpc) is 3.04. The van der Waals surface area contributed by atoms with E-state index in [-0.39, 0.29) is 18.1 Å². The molecule has 8 nitrogen and oxygen atoms in total. The predicted molar refractivity (Wildman–Crippen MR) is 95.7 cm³/mol. The van der Waals surface area contributed by atoms with Crippen molar-refractivity contribution in [1.82, 2.24) is 30.0 Å². The summed E-state index contributed by atoms with van der Waals surface area (Å²) in [5.41, 5.74) is 1.62. The van der Waals surface area contributed by atoms with Gasteiger partial charge in [-0.2, -0.15) is 5.10 Å². The van der Waals surface area contributed by atoms with Gasteiger partial charge in [0.2, 0.25) is 0 Å². The van der Waals surface area contributed by atoms with Gasteiger partial charge in [0.25, 0.3) is 5.91 Å². The molecule has 0 bridgehead atoms. The van der Waals surface area contributed by atoms with E-state index in [4.69, 9.17) is 9.72 Å². The Labute approximate surface area is 152 Å². The quantitative estimate of drug-likeness (QED) is 0.820. The lowest BCUT2D eigenvalue weighted by Gasteiger charge is -2.21. The molecule has 2 N–H and O–H groups in total. The van der Waals surface area contributed by atoms with Crippen LogP contribution in [0.4, 0.5) is 0 Å². The smallest absolute Gasteiger partial charge is 0.269 e. The summed E-state index contributed by atoms with van der Waals surface area (Å²) in [6.45, 7) is 1.54. The standard InChI is InChI=1S/C18H26N6O2/c1-23(2)18(25)14-7-6-12(19-14)9-24-10-13(26-3)8-15(24)17-20-16(21-22-17)11-4-5-11/h6-7,11,13,15,19H,4-5,8-10H2,1-3H3,(H,20,21,22)/t13-,15+/m1/s1. The summed E-state index contributed by atoms with van der Waals surface area (Å²) in [4.78, 5) is 24.0. The summed E-state index contributed by atoms with van der Waals surface area (Å²) >= 11 is 0. The number of aromatic nitrogens is 4. The summed E-state index contributed by atoms with van der Waals surface area (Å²) in [7, 11) is 5.26. The maximum absolute atomic E-state index is 12.1. The van der Waals surface area contributed by atoms with Crippen molar-refractivity contribution in [2.24, 2.45) is 0 Å². The van der Waals surface area contributed by atoms with Crippen molar-refractivity contribution in [3.05, 3.63) is 35.2 Å². The SMILES string of the molecule is CO[C@@H]1C[C@@H](c2nc(C3CC3)n[nH]2)N(Cc2ccc(C(=O)N(C)C)[nH]2)C1. The minimum absolute atomic E-state index is 0.0201. The second-order valence-corrected chi connectivity index (χ2v) is 7.49. The second kappa shape index (κ2) is 6.85. The zero-order valence-electron chi connectivity index (χ0n) is 15.5. The van der Waals surface area contributed by atoms with Crippen LogP contribution in [0.1, 0.15) is 59.1 Å². The van der Waals surface area contributed by atoms with Gasteiger partial charge < -0.3 is 14.6 Å². The molecule has 2 aromatic rings. The number of ether oxygens (including phenoxy) is 1. The Hall–Kier alpha value is -2.19. The highest BCUT2D eigenvalue weighted by atomic mass is 16.5. The molecule has 8 heteroatoms. The molecule has 1 aliphatic carbocycles. The van der Waals surface area contributed by atoms with Crippen LogP contribution in [-0.4, -0.2) is 69.7 Å². The van der Waals surface area contributed by atoms with Gasteiger partial charge in [-0.3, -0.25) is 14.8 Å². The first-order valence-electron chi connectivity index (χ1n) is 9.13. The highest BCUT2D eigenvalue weighted by Gasteiger charge is 2.37. The van der Waals surface area contributed by atoms with Gasteiger partial charge in [-0.15, -0.1) is 0 Å². The Morgan fingerprint density at radius 2 is 2.19 bits per heavy atom. The van der Waals surface area contributed by atoms with Crippen LogP contribution in [0.5, 0.6) is 0 Å². The Morgan fingerprint density at radius 1 is 1.38 bits per heavy atom. The topological polar surface area (TPSA) is 90.1 Å². The van der Waals surface area contributed by atoms with Crippen LogP contribution in [0, 0.1) is 0 Å². The lowest BCUT2D eigenvalue weighted by Crippen LogP contribution is -2.26. The van der Waals surface area contributed by atoms with Gasteiger partial charge >= 0.3 is 0 Å². The molecule has 2 fully saturated rings. The maximum Gasteiger partial charge on any atom is 0.269 e. The Bertz CT molecular complexity index is 778. The lowest BCUT2D eigenvalue weighted by molar-refractivity contribution is 0.0822. The fourth-order valence-corrected chi connectivity index (χ4v) is 3.57. The fraction of sp³-hybridized carbons (Fsp3) is 0.611. The zero-order chi connectivity index (χ0) is 18.3. The number of hydrogen-bond donors (Lipinski definition) is 2. The highest BCUT2D eigenvalue weighted by molar-refractivity contribution is 5.92. The van der Waals surface area contributed by atoms with Crippen LogP contribution >= 0.6 is 0 Å². The molecule has 1 aliphatic heterocycles. The van der Waals surface area contributed by atoms with Crippen molar-refractivity contribution in [2.45, 2.75) is 43.9 Å². The summed E-state index contributed by atoms with van der Waals surface area (Å²) in [5, 5.41) is 7.54. The minimum Gasteiger partial charge on any atom is -0.380 e. The Morgan fingerprint density at radius 3 is 2.88 bits per heavy atom. The molecule has 2 aromatic heterocycles. The van der Waals surface area contributed by atoms with Crippen molar-refractivity contribution >= 4 is 5.91 Å². The van der Waals surface area contributed by atoms with Gasteiger partial charge in [-0.1, -0.05) is 0 Å². The van der Waals surface area contributed by atoms with Gasteiger partial charge in [0.1, 0.15) is 11.5 Å². The van der Waals surface area contributed by atoms with Gasteiger partial charge in [0, 0.05) is 45.9 Å². The first-order chi connectivity index (χ1) is 12.5. The van der Waals surface area contributed by atoms with E-state index in [9.17, 15) is 4.79 Å². The number of nitrogens with zero attached hydrogens (tertiary/aromatic N) is 4. The van der Waals surface area contributed by atoms with E-state index < -0.39 is 0 Å². The van der Waals surface area contributed by atoms with Crippen LogP contribution in [0.3, 0.4) is 0 Å². The lowest BCUT2D eigenvalue weighted by atomic mass is 10.2. The van der Waals surface area contributed by atoms with Crippen molar-refractivity contribution in [2.75, 3.05) is 27.7 Å². The van der Waals surface area contributed by atoms with Crippen molar-refractivity contribution in [3.63, 3.8) is 0 Å². The van der Waals surface area contributed by atoms with Crippen molar-refractivity contribution in [3.8, 4) is 0 Å². The maximum atomic E-state index is 12.1. The van der Waals surface area contributed by atoms with E-state index in [0.717, 1.165) is 30.3 Å². The van der Waals surface area contributed by atoms with E-state index in [1.165, 1.54) is 12.8 Å².